The van der Waals surface area contributed by atoms with Gasteiger partial charge in [0.05, 0.1) is 12.1 Å². The molecule has 0 spiro atoms. The first-order valence-corrected chi connectivity index (χ1v) is 6.34. The summed E-state index contributed by atoms with van der Waals surface area (Å²) in [7, 11) is 0. The van der Waals surface area contributed by atoms with Gasteiger partial charge in [0.1, 0.15) is 0 Å². The van der Waals surface area contributed by atoms with E-state index in [1.54, 1.807) is 0 Å². The third-order valence-electron chi connectivity index (χ3n) is 3.76. The lowest BCUT2D eigenvalue weighted by Gasteiger charge is -2.32. The largest absolute Gasteiger partial charge is 0.393 e. The molecular formula is C12H22N2O2. The van der Waals surface area contributed by atoms with E-state index >= 15 is 0 Å². The van der Waals surface area contributed by atoms with Crippen LogP contribution in [0.2, 0.25) is 0 Å². The second-order valence-corrected chi connectivity index (χ2v) is 5.37. The van der Waals surface area contributed by atoms with Crippen molar-refractivity contribution in [2.75, 3.05) is 13.1 Å². The molecule has 2 fully saturated rings. The number of hydrogen-bond donors (Lipinski definition) is 3. The molecular weight excluding hydrogens is 204 g/mol. The van der Waals surface area contributed by atoms with Crippen LogP contribution in [0.5, 0.6) is 0 Å². The highest BCUT2D eigenvalue weighted by atomic mass is 16.3. The van der Waals surface area contributed by atoms with Gasteiger partial charge in [0.15, 0.2) is 0 Å². The van der Waals surface area contributed by atoms with Gasteiger partial charge >= 0.3 is 0 Å². The SMILES string of the molecule is CC1CCNC(C(=O)NCC2CC(O)C2)C1. The Labute approximate surface area is 96.8 Å². The van der Waals surface area contributed by atoms with Gasteiger partial charge < -0.3 is 15.7 Å². The summed E-state index contributed by atoms with van der Waals surface area (Å²) in [5, 5.41) is 15.4. The van der Waals surface area contributed by atoms with E-state index in [1.165, 1.54) is 6.42 Å². The third-order valence-corrected chi connectivity index (χ3v) is 3.76. The maximum atomic E-state index is 11.8. The van der Waals surface area contributed by atoms with Gasteiger partial charge in [0.2, 0.25) is 5.91 Å². The second-order valence-electron chi connectivity index (χ2n) is 5.37. The van der Waals surface area contributed by atoms with E-state index in [1.807, 2.05) is 0 Å². The molecule has 1 saturated heterocycles. The summed E-state index contributed by atoms with van der Waals surface area (Å²) in [5.41, 5.74) is 0. The lowest BCUT2D eigenvalue weighted by Crippen LogP contribution is -2.50. The molecule has 2 unspecified atom stereocenters. The lowest BCUT2D eigenvalue weighted by molar-refractivity contribution is -0.124. The molecule has 1 saturated carbocycles. The van der Waals surface area contributed by atoms with E-state index in [9.17, 15) is 4.79 Å². The van der Waals surface area contributed by atoms with Crippen LogP contribution >= 0.6 is 0 Å². The molecule has 0 aromatic carbocycles. The Morgan fingerprint density at radius 1 is 1.44 bits per heavy atom. The molecule has 0 radical (unpaired) electrons. The third kappa shape index (κ3) is 2.95. The average molecular weight is 226 g/mol. The first-order chi connectivity index (χ1) is 7.65. The molecule has 4 nitrogen and oxygen atoms in total. The Morgan fingerprint density at radius 2 is 2.19 bits per heavy atom. The van der Waals surface area contributed by atoms with Gasteiger partial charge in [-0.05, 0) is 44.1 Å². The van der Waals surface area contributed by atoms with E-state index < -0.39 is 0 Å². The maximum absolute atomic E-state index is 11.8. The summed E-state index contributed by atoms with van der Waals surface area (Å²) in [5.74, 6) is 1.26. The van der Waals surface area contributed by atoms with E-state index in [2.05, 4.69) is 17.6 Å². The molecule has 2 atom stereocenters. The number of piperidine rings is 1. The number of rotatable bonds is 3. The Bertz CT molecular complexity index is 251. The van der Waals surface area contributed by atoms with Crippen LogP contribution < -0.4 is 10.6 Å². The van der Waals surface area contributed by atoms with Crippen molar-refractivity contribution in [3.05, 3.63) is 0 Å². The first-order valence-electron chi connectivity index (χ1n) is 6.34. The van der Waals surface area contributed by atoms with E-state index in [-0.39, 0.29) is 18.1 Å². The quantitative estimate of drug-likeness (QED) is 0.647. The molecule has 1 aliphatic carbocycles. The van der Waals surface area contributed by atoms with Crippen LogP contribution in [0.3, 0.4) is 0 Å². The minimum absolute atomic E-state index is 0.00579. The van der Waals surface area contributed by atoms with Crippen molar-refractivity contribution in [3.63, 3.8) is 0 Å². The molecule has 1 aliphatic heterocycles. The van der Waals surface area contributed by atoms with E-state index in [0.29, 0.717) is 11.8 Å². The van der Waals surface area contributed by atoms with Crippen LogP contribution in [0.15, 0.2) is 0 Å². The number of carbonyl (C=O) groups excluding carboxylic acids is 1. The molecule has 0 aromatic rings. The van der Waals surface area contributed by atoms with Crippen molar-refractivity contribution in [2.45, 2.75) is 44.8 Å². The van der Waals surface area contributed by atoms with Crippen molar-refractivity contribution in [1.82, 2.24) is 10.6 Å². The highest BCUT2D eigenvalue weighted by Gasteiger charge is 2.29. The predicted octanol–water partition coefficient (Wildman–Crippen LogP) is 0.262. The summed E-state index contributed by atoms with van der Waals surface area (Å²) in [6.07, 6.45) is 3.66. The predicted molar refractivity (Wildman–Crippen MR) is 61.9 cm³/mol. The number of aliphatic hydroxyl groups excluding tert-OH is 1. The van der Waals surface area contributed by atoms with Gasteiger partial charge in [-0.2, -0.15) is 0 Å². The zero-order valence-electron chi connectivity index (χ0n) is 9.91. The smallest absolute Gasteiger partial charge is 0.237 e. The number of aliphatic hydroxyl groups is 1. The molecule has 2 aliphatic rings. The van der Waals surface area contributed by atoms with Crippen LogP contribution in [0, 0.1) is 11.8 Å². The number of amides is 1. The Kier molecular flexibility index (Phi) is 3.82. The van der Waals surface area contributed by atoms with Gasteiger partial charge in [-0.25, -0.2) is 0 Å². The monoisotopic (exact) mass is 226 g/mol. The van der Waals surface area contributed by atoms with Crippen LogP contribution in [0.4, 0.5) is 0 Å². The minimum atomic E-state index is -0.130. The highest BCUT2D eigenvalue weighted by molar-refractivity contribution is 5.81. The fourth-order valence-electron chi connectivity index (χ4n) is 2.54. The van der Waals surface area contributed by atoms with Crippen LogP contribution in [-0.2, 0) is 4.79 Å². The first kappa shape index (κ1) is 11.9. The Balaban J connectivity index is 1.67. The second kappa shape index (κ2) is 5.15. The minimum Gasteiger partial charge on any atom is -0.393 e. The molecule has 92 valence electrons. The maximum Gasteiger partial charge on any atom is 0.237 e. The molecule has 0 bridgehead atoms. The normalized spacial score (nSPS) is 38.9. The molecule has 0 aromatic heterocycles. The van der Waals surface area contributed by atoms with Crippen molar-refractivity contribution >= 4 is 5.91 Å². The Morgan fingerprint density at radius 3 is 2.81 bits per heavy atom. The van der Waals surface area contributed by atoms with Gasteiger partial charge in [0.25, 0.3) is 0 Å². The number of carbonyl (C=O) groups is 1. The van der Waals surface area contributed by atoms with E-state index in [0.717, 1.165) is 32.4 Å². The lowest BCUT2D eigenvalue weighted by atomic mass is 9.82. The zero-order valence-corrected chi connectivity index (χ0v) is 9.91. The molecule has 1 amide bonds. The standard InChI is InChI=1S/C12H22N2O2/c1-8-2-3-13-11(4-8)12(16)14-7-9-5-10(15)6-9/h8-11,13,15H,2-7H2,1H3,(H,14,16). The molecule has 3 N–H and O–H groups in total. The van der Waals surface area contributed by atoms with Crippen molar-refractivity contribution in [3.8, 4) is 0 Å². The summed E-state index contributed by atoms with van der Waals surface area (Å²) >= 11 is 0. The summed E-state index contributed by atoms with van der Waals surface area (Å²) in [4.78, 5) is 11.8. The summed E-state index contributed by atoms with van der Waals surface area (Å²) in [6.45, 7) is 3.87. The zero-order chi connectivity index (χ0) is 11.5. The van der Waals surface area contributed by atoms with Gasteiger partial charge in [-0.3, -0.25) is 4.79 Å². The van der Waals surface area contributed by atoms with E-state index in [4.69, 9.17) is 5.11 Å². The van der Waals surface area contributed by atoms with Crippen molar-refractivity contribution in [1.29, 1.82) is 0 Å². The van der Waals surface area contributed by atoms with Crippen molar-refractivity contribution in [2.24, 2.45) is 11.8 Å². The van der Waals surface area contributed by atoms with Gasteiger partial charge in [-0.15, -0.1) is 0 Å². The van der Waals surface area contributed by atoms with Gasteiger partial charge in [-0.1, -0.05) is 6.92 Å². The van der Waals surface area contributed by atoms with Crippen molar-refractivity contribution < 1.29 is 9.90 Å². The Hall–Kier alpha value is -0.610. The fraction of sp³-hybridized carbons (Fsp3) is 0.917. The van der Waals surface area contributed by atoms with Crippen LogP contribution in [0.1, 0.15) is 32.6 Å². The fourth-order valence-corrected chi connectivity index (χ4v) is 2.54. The van der Waals surface area contributed by atoms with Crippen LogP contribution in [0.25, 0.3) is 0 Å². The molecule has 2 rings (SSSR count). The summed E-state index contributed by atoms with van der Waals surface area (Å²) < 4.78 is 0. The molecule has 4 heteroatoms. The van der Waals surface area contributed by atoms with Crippen LogP contribution in [-0.4, -0.2) is 36.2 Å². The van der Waals surface area contributed by atoms with Gasteiger partial charge in [0, 0.05) is 6.54 Å². The number of nitrogens with one attached hydrogen (secondary N) is 2. The number of hydrogen-bond acceptors (Lipinski definition) is 3. The molecule has 16 heavy (non-hydrogen) atoms. The topological polar surface area (TPSA) is 61.4 Å². The summed E-state index contributed by atoms with van der Waals surface area (Å²) in [6, 6.07) is -0.00579. The highest BCUT2D eigenvalue weighted by Crippen LogP contribution is 2.26. The molecule has 1 heterocycles. The average Bonchev–Trinajstić information content (AvgIpc) is 2.22.